The topological polar surface area (TPSA) is 70.1 Å². The maximum atomic E-state index is 12.1. The summed E-state index contributed by atoms with van der Waals surface area (Å²) in [5.74, 6) is -2.80. The molecule has 1 N–H and O–H groups in total. The van der Waals surface area contributed by atoms with Crippen LogP contribution in [0.3, 0.4) is 0 Å². The van der Waals surface area contributed by atoms with Crippen LogP contribution in [-0.2, 0) is 14.4 Å². The fourth-order valence-electron chi connectivity index (χ4n) is 2.02. The predicted octanol–water partition coefficient (Wildman–Crippen LogP) is -0.326. The van der Waals surface area contributed by atoms with Crippen LogP contribution in [0, 0.1) is 0 Å². The lowest BCUT2D eigenvalue weighted by Gasteiger charge is -2.34. The van der Waals surface area contributed by atoms with Crippen molar-refractivity contribution in [3.05, 3.63) is 0 Å². The van der Waals surface area contributed by atoms with Gasteiger partial charge in [0.1, 0.15) is 6.04 Å². The third kappa shape index (κ3) is 2.98. The van der Waals surface area contributed by atoms with Gasteiger partial charge in [-0.1, -0.05) is 0 Å². The molecule has 6 nitrogen and oxygen atoms in total. The van der Waals surface area contributed by atoms with Gasteiger partial charge >= 0.3 is 12.1 Å². The van der Waals surface area contributed by atoms with Crippen LogP contribution in [0.15, 0.2) is 0 Å². The quantitative estimate of drug-likeness (QED) is 0.751. The second-order valence-corrected chi connectivity index (χ2v) is 4.56. The molecule has 0 spiro atoms. The molecule has 2 rings (SSSR count). The molecule has 0 aromatic heterocycles. The molecule has 2 aliphatic heterocycles. The molecule has 0 radical (unpaired) electrons. The van der Waals surface area contributed by atoms with Crippen molar-refractivity contribution in [2.75, 3.05) is 19.6 Å². The summed E-state index contributed by atoms with van der Waals surface area (Å²) >= 11 is 0. The summed E-state index contributed by atoms with van der Waals surface area (Å²) in [5.41, 5.74) is 0. The van der Waals surface area contributed by atoms with Crippen LogP contribution in [0.2, 0.25) is 0 Å². The predicted molar refractivity (Wildman–Crippen MR) is 54.5 cm³/mol. The molecule has 2 saturated heterocycles. The Morgan fingerprint density at radius 3 is 2.37 bits per heavy atom. The van der Waals surface area contributed by atoms with Gasteiger partial charge < -0.3 is 14.8 Å². The fourth-order valence-corrected chi connectivity index (χ4v) is 2.02. The molecule has 19 heavy (non-hydrogen) atoms. The van der Waals surface area contributed by atoms with Gasteiger partial charge in [-0.3, -0.25) is 4.79 Å². The minimum Gasteiger partial charge on any atom is -0.392 e. The Balaban J connectivity index is 2.01. The van der Waals surface area contributed by atoms with Crippen LogP contribution in [-0.4, -0.2) is 64.9 Å². The van der Waals surface area contributed by atoms with E-state index in [9.17, 15) is 27.9 Å². The zero-order valence-corrected chi connectivity index (χ0v) is 9.89. The molecular formula is C10H13F3N2O4. The Bertz CT molecular complexity index is 383. The average Bonchev–Trinajstić information content (AvgIpc) is 2.55. The highest BCUT2D eigenvalue weighted by Crippen LogP contribution is 2.25. The number of halogens is 3. The molecule has 2 fully saturated rings. The van der Waals surface area contributed by atoms with Crippen molar-refractivity contribution in [1.29, 1.82) is 0 Å². The second kappa shape index (κ2) is 4.97. The van der Waals surface area contributed by atoms with E-state index in [4.69, 9.17) is 0 Å². The number of likely N-dealkylation sites (tertiary alicyclic amines) is 1. The van der Waals surface area contributed by atoms with Crippen molar-refractivity contribution < 1.29 is 32.7 Å². The molecule has 0 saturated carbocycles. The molecule has 1 amide bonds. The largest absolute Gasteiger partial charge is 0.492 e. The van der Waals surface area contributed by atoms with Gasteiger partial charge in [0.25, 0.3) is 0 Å². The molecule has 0 aromatic carbocycles. The summed E-state index contributed by atoms with van der Waals surface area (Å²) in [6, 6.07) is -1.04. The number of carbonyl (C=O) groups is 2. The maximum absolute atomic E-state index is 12.1. The first-order valence-electron chi connectivity index (χ1n) is 5.81. The third-order valence-corrected chi connectivity index (χ3v) is 3.12. The number of hydrogen-bond donors (Lipinski definition) is 1. The Morgan fingerprint density at radius 1 is 1.26 bits per heavy atom. The molecule has 2 heterocycles. The molecular weight excluding hydrogens is 269 g/mol. The normalized spacial score (nSPS) is 28.1. The Labute approximate surface area is 106 Å². The van der Waals surface area contributed by atoms with Gasteiger partial charge in [0, 0.05) is 19.5 Å². The highest BCUT2D eigenvalue weighted by Gasteiger charge is 2.47. The number of carbonyl (C=O) groups excluding carboxylic acids is 2. The van der Waals surface area contributed by atoms with Gasteiger partial charge in [-0.15, -0.1) is 5.06 Å². The van der Waals surface area contributed by atoms with E-state index in [0.29, 0.717) is 18.2 Å². The van der Waals surface area contributed by atoms with Gasteiger partial charge in [-0.25, -0.2) is 4.79 Å². The first-order chi connectivity index (χ1) is 8.79. The van der Waals surface area contributed by atoms with Gasteiger partial charge in [-0.2, -0.15) is 13.2 Å². The first kappa shape index (κ1) is 14.1. The Hall–Kier alpha value is -1.35. The molecule has 2 aliphatic rings. The molecule has 0 aromatic rings. The van der Waals surface area contributed by atoms with Crippen molar-refractivity contribution in [2.24, 2.45) is 0 Å². The lowest BCUT2D eigenvalue weighted by Crippen LogP contribution is -2.51. The number of amides is 1. The van der Waals surface area contributed by atoms with E-state index in [0.717, 1.165) is 6.42 Å². The van der Waals surface area contributed by atoms with Gasteiger partial charge in [0.2, 0.25) is 5.91 Å². The highest BCUT2D eigenvalue weighted by atomic mass is 19.4. The summed E-state index contributed by atoms with van der Waals surface area (Å²) in [4.78, 5) is 28.3. The van der Waals surface area contributed by atoms with Gasteiger partial charge in [0.05, 0.1) is 12.6 Å². The third-order valence-electron chi connectivity index (χ3n) is 3.12. The molecule has 108 valence electrons. The van der Waals surface area contributed by atoms with E-state index >= 15 is 0 Å². The van der Waals surface area contributed by atoms with Gasteiger partial charge in [0.15, 0.2) is 0 Å². The van der Waals surface area contributed by atoms with Crippen LogP contribution in [0.4, 0.5) is 13.2 Å². The summed E-state index contributed by atoms with van der Waals surface area (Å²) in [6.45, 7) is 0.769. The van der Waals surface area contributed by atoms with Crippen molar-refractivity contribution in [2.45, 2.75) is 31.2 Å². The molecule has 0 aliphatic carbocycles. The fraction of sp³-hybridized carbons (Fsp3) is 0.800. The van der Waals surface area contributed by atoms with E-state index < -0.39 is 30.2 Å². The van der Waals surface area contributed by atoms with Crippen LogP contribution in [0.5, 0.6) is 0 Å². The summed E-state index contributed by atoms with van der Waals surface area (Å²) < 4.78 is 36.3. The van der Waals surface area contributed by atoms with E-state index in [1.165, 1.54) is 4.90 Å². The van der Waals surface area contributed by atoms with Crippen molar-refractivity contribution in [3.63, 3.8) is 0 Å². The number of aliphatic hydroxyl groups excluding tert-OH is 1. The molecule has 0 bridgehead atoms. The molecule has 9 heteroatoms. The number of nitrogens with zero attached hydrogens (tertiary/aromatic N) is 2. The number of aliphatic hydroxyl groups is 1. The highest BCUT2D eigenvalue weighted by molar-refractivity contribution is 5.83. The number of rotatable bonds is 2. The van der Waals surface area contributed by atoms with Crippen molar-refractivity contribution >= 4 is 11.9 Å². The molecule has 2 atom stereocenters. The van der Waals surface area contributed by atoms with E-state index in [1.54, 1.807) is 0 Å². The SMILES string of the molecule is O=C([C@@H]1C[C@@H](O)CN1OC(=O)C(F)(F)F)N1CCC1. The minimum absolute atomic E-state index is 0.0412. The van der Waals surface area contributed by atoms with Crippen molar-refractivity contribution in [1.82, 2.24) is 9.96 Å². The zero-order valence-electron chi connectivity index (χ0n) is 9.89. The zero-order chi connectivity index (χ0) is 14.2. The van der Waals surface area contributed by atoms with Crippen LogP contribution in [0.25, 0.3) is 0 Å². The number of alkyl halides is 3. The summed E-state index contributed by atoms with van der Waals surface area (Å²) in [6.07, 6.45) is -5.32. The average molecular weight is 282 g/mol. The van der Waals surface area contributed by atoms with E-state index in [1.807, 2.05) is 0 Å². The minimum atomic E-state index is -5.13. The Morgan fingerprint density at radius 2 is 1.89 bits per heavy atom. The Kier molecular flexibility index (Phi) is 3.68. The lowest BCUT2D eigenvalue weighted by atomic mass is 10.1. The lowest BCUT2D eigenvalue weighted by molar-refractivity contribution is -0.242. The van der Waals surface area contributed by atoms with E-state index in [2.05, 4.69) is 4.84 Å². The maximum Gasteiger partial charge on any atom is 0.492 e. The standard InChI is InChI=1S/C10H13F3N2O4/c11-10(12,13)9(18)19-15-5-6(16)4-7(15)8(17)14-2-1-3-14/h6-7,16H,1-5H2/t6-,7+/m1/s1. The van der Waals surface area contributed by atoms with Crippen LogP contribution in [0.1, 0.15) is 12.8 Å². The summed E-state index contributed by atoms with van der Waals surface area (Å²) in [5, 5.41) is 10.0. The van der Waals surface area contributed by atoms with Crippen LogP contribution >= 0.6 is 0 Å². The number of β-amino-alcohol motifs (C(OH)–C–C–N with tert-alkyl or cyclic N) is 1. The van der Waals surface area contributed by atoms with Crippen LogP contribution < -0.4 is 0 Å². The molecule has 0 unspecified atom stereocenters. The van der Waals surface area contributed by atoms with Crippen molar-refractivity contribution in [3.8, 4) is 0 Å². The summed E-state index contributed by atoms with van der Waals surface area (Å²) in [7, 11) is 0. The number of hydroxylamine groups is 2. The first-order valence-corrected chi connectivity index (χ1v) is 5.81. The second-order valence-electron chi connectivity index (χ2n) is 4.56. The van der Waals surface area contributed by atoms with E-state index in [-0.39, 0.29) is 13.0 Å². The number of hydrogen-bond acceptors (Lipinski definition) is 5. The van der Waals surface area contributed by atoms with Gasteiger partial charge in [-0.05, 0) is 6.42 Å². The monoisotopic (exact) mass is 282 g/mol. The smallest absolute Gasteiger partial charge is 0.392 e.